The van der Waals surface area contributed by atoms with E-state index in [1.807, 2.05) is 0 Å². The maximum atomic E-state index is 11.8. The van der Waals surface area contributed by atoms with Crippen LogP contribution in [0.3, 0.4) is 0 Å². The number of carbonyl (C=O) groups is 2. The second-order valence-electron chi connectivity index (χ2n) is 4.34. The summed E-state index contributed by atoms with van der Waals surface area (Å²) in [4.78, 5) is 23.6. The van der Waals surface area contributed by atoms with Crippen LogP contribution in [0.1, 0.15) is 0 Å². The predicted octanol–water partition coefficient (Wildman–Crippen LogP) is 1.76. The standard InChI is InChI=1S/C14H15ClN4O3/c1-22-9-8-19-7-6-12(18-19)17-14(21)13(20)16-11-5-3-2-4-10(11)15/h2-7H,8-9H2,1H3,(H,16,20)(H,17,18,21). The lowest BCUT2D eigenvalue weighted by molar-refractivity contribution is -0.133. The Bertz CT molecular complexity index is 672. The monoisotopic (exact) mass is 322 g/mol. The normalized spacial score (nSPS) is 10.3. The fourth-order valence-electron chi connectivity index (χ4n) is 1.65. The molecule has 1 aromatic heterocycles. The lowest BCUT2D eigenvalue weighted by Crippen LogP contribution is -2.29. The van der Waals surface area contributed by atoms with Crippen molar-refractivity contribution in [2.45, 2.75) is 6.54 Å². The Balaban J connectivity index is 1.92. The minimum atomic E-state index is -0.822. The number of hydrogen-bond acceptors (Lipinski definition) is 4. The number of rotatable bonds is 5. The van der Waals surface area contributed by atoms with E-state index in [4.69, 9.17) is 16.3 Å². The van der Waals surface area contributed by atoms with Crippen LogP contribution in [0.5, 0.6) is 0 Å². The lowest BCUT2D eigenvalue weighted by Gasteiger charge is -2.06. The largest absolute Gasteiger partial charge is 0.383 e. The van der Waals surface area contributed by atoms with Gasteiger partial charge >= 0.3 is 11.8 Å². The Morgan fingerprint density at radius 2 is 1.95 bits per heavy atom. The quantitative estimate of drug-likeness (QED) is 0.821. The maximum absolute atomic E-state index is 11.8. The van der Waals surface area contributed by atoms with E-state index in [2.05, 4.69) is 15.7 Å². The fraction of sp³-hybridized carbons (Fsp3) is 0.214. The van der Waals surface area contributed by atoms with Gasteiger partial charge in [0.1, 0.15) is 0 Å². The van der Waals surface area contributed by atoms with E-state index in [0.29, 0.717) is 23.9 Å². The summed E-state index contributed by atoms with van der Waals surface area (Å²) in [5.74, 6) is -1.35. The number of hydrogen-bond donors (Lipinski definition) is 2. The van der Waals surface area contributed by atoms with E-state index in [9.17, 15) is 9.59 Å². The number of carbonyl (C=O) groups excluding carboxylic acids is 2. The number of aromatic nitrogens is 2. The third-order valence-corrected chi connectivity index (χ3v) is 3.06. The van der Waals surface area contributed by atoms with Crippen LogP contribution in [0.15, 0.2) is 36.5 Å². The Morgan fingerprint density at radius 1 is 1.23 bits per heavy atom. The molecule has 0 unspecified atom stereocenters. The van der Waals surface area contributed by atoms with Gasteiger partial charge in [0.25, 0.3) is 0 Å². The van der Waals surface area contributed by atoms with Crippen molar-refractivity contribution in [3.63, 3.8) is 0 Å². The van der Waals surface area contributed by atoms with Crippen LogP contribution >= 0.6 is 11.6 Å². The summed E-state index contributed by atoms with van der Waals surface area (Å²) in [5, 5.41) is 9.29. The number of amides is 2. The number of halogens is 1. The molecule has 0 atom stereocenters. The molecule has 0 radical (unpaired) electrons. The molecule has 1 aromatic carbocycles. The molecule has 116 valence electrons. The summed E-state index contributed by atoms with van der Waals surface area (Å²) >= 11 is 5.91. The van der Waals surface area contributed by atoms with E-state index in [-0.39, 0.29) is 5.82 Å². The maximum Gasteiger partial charge on any atom is 0.315 e. The minimum Gasteiger partial charge on any atom is -0.383 e. The summed E-state index contributed by atoms with van der Waals surface area (Å²) in [6.07, 6.45) is 1.68. The van der Waals surface area contributed by atoms with Crippen molar-refractivity contribution in [2.24, 2.45) is 0 Å². The molecule has 0 aliphatic heterocycles. The van der Waals surface area contributed by atoms with E-state index in [1.165, 1.54) is 0 Å². The van der Waals surface area contributed by atoms with Gasteiger partial charge in [-0.15, -0.1) is 0 Å². The number of anilines is 2. The number of benzene rings is 1. The van der Waals surface area contributed by atoms with Crippen molar-refractivity contribution in [1.29, 1.82) is 0 Å². The summed E-state index contributed by atoms with van der Waals surface area (Å²) in [5.41, 5.74) is 0.370. The first-order chi connectivity index (χ1) is 10.6. The van der Waals surface area contributed by atoms with Crippen LogP contribution in [-0.2, 0) is 20.9 Å². The summed E-state index contributed by atoms with van der Waals surface area (Å²) in [7, 11) is 1.59. The van der Waals surface area contributed by atoms with Crippen LogP contribution in [0.2, 0.25) is 5.02 Å². The highest BCUT2D eigenvalue weighted by Gasteiger charge is 2.16. The Hall–Kier alpha value is -2.38. The van der Waals surface area contributed by atoms with Crippen LogP contribution in [0.25, 0.3) is 0 Å². The van der Waals surface area contributed by atoms with Crippen LogP contribution < -0.4 is 10.6 Å². The molecule has 2 rings (SSSR count). The summed E-state index contributed by atoms with van der Waals surface area (Å²) < 4.78 is 6.53. The smallest absolute Gasteiger partial charge is 0.315 e. The van der Waals surface area contributed by atoms with Crippen molar-refractivity contribution < 1.29 is 14.3 Å². The second kappa shape index (κ2) is 7.58. The zero-order valence-electron chi connectivity index (χ0n) is 11.9. The fourth-order valence-corrected chi connectivity index (χ4v) is 1.84. The van der Waals surface area contributed by atoms with Gasteiger partial charge in [-0.25, -0.2) is 0 Å². The lowest BCUT2D eigenvalue weighted by atomic mass is 10.3. The molecule has 0 saturated carbocycles. The third-order valence-electron chi connectivity index (χ3n) is 2.74. The topological polar surface area (TPSA) is 85.2 Å². The molecular weight excluding hydrogens is 308 g/mol. The Morgan fingerprint density at radius 3 is 2.68 bits per heavy atom. The van der Waals surface area contributed by atoms with Gasteiger partial charge in [-0.3, -0.25) is 14.3 Å². The zero-order chi connectivity index (χ0) is 15.9. The molecular formula is C14H15ClN4O3. The number of nitrogens with zero attached hydrogens (tertiary/aromatic N) is 2. The van der Waals surface area contributed by atoms with Crippen molar-refractivity contribution >= 4 is 34.9 Å². The van der Waals surface area contributed by atoms with Gasteiger partial charge in [-0.2, -0.15) is 5.10 Å². The second-order valence-corrected chi connectivity index (χ2v) is 4.75. The van der Waals surface area contributed by atoms with Gasteiger partial charge in [-0.1, -0.05) is 23.7 Å². The molecule has 1 heterocycles. The molecule has 2 aromatic rings. The minimum absolute atomic E-state index is 0.287. The number of para-hydroxylation sites is 1. The van der Waals surface area contributed by atoms with Gasteiger partial charge in [0.05, 0.1) is 23.9 Å². The summed E-state index contributed by atoms with van der Waals surface area (Å²) in [6, 6.07) is 8.25. The van der Waals surface area contributed by atoms with E-state index in [0.717, 1.165) is 0 Å². The molecule has 22 heavy (non-hydrogen) atoms. The number of ether oxygens (including phenoxy) is 1. The van der Waals surface area contributed by atoms with Gasteiger partial charge < -0.3 is 15.4 Å². The first-order valence-electron chi connectivity index (χ1n) is 6.49. The number of nitrogens with one attached hydrogen (secondary N) is 2. The molecule has 0 bridgehead atoms. The van der Waals surface area contributed by atoms with Gasteiger partial charge in [0.2, 0.25) is 0 Å². The molecule has 2 N–H and O–H groups in total. The predicted molar refractivity (Wildman–Crippen MR) is 82.8 cm³/mol. The van der Waals surface area contributed by atoms with Crippen molar-refractivity contribution in [1.82, 2.24) is 9.78 Å². The molecule has 0 fully saturated rings. The van der Waals surface area contributed by atoms with Gasteiger partial charge in [-0.05, 0) is 12.1 Å². The van der Waals surface area contributed by atoms with Crippen LogP contribution in [0.4, 0.5) is 11.5 Å². The average molecular weight is 323 g/mol. The molecule has 0 saturated heterocycles. The summed E-state index contributed by atoms with van der Waals surface area (Å²) in [6.45, 7) is 1.06. The molecule has 0 spiro atoms. The van der Waals surface area contributed by atoms with Crippen molar-refractivity contribution in [3.05, 3.63) is 41.6 Å². The average Bonchev–Trinajstić information content (AvgIpc) is 2.94. The zero-order valence-corrected chi connectivity index (χ0v) is 12.6. The van der Waals surface area contributed by atoms with E-state index in [1.54, 1.807) is 48.3 Å². The Labute approximate surface area is 132 Å². The van der Waals surface area contributed by atoms with Gasteiger partial charge in [0, 0.05) is 19.4 Å². The van der Waals surface area contributed by atoms with E-state index < -0.39 is 11.8 Å². The van der Waals surface area contributed by atoms with E-state index >= 15 is 0 Å². The molecule has 0 aliphatic rings. The van der Waals surface area contributed by atoms with Crippen LogP contribution in [-0.4, -0.2) is 35.3 Å². The third kappa shape index (κ3) is 4.31. The van der Waals surface area contributed by atoms with Crippen LogP contribution in [0, 0.1) is 0 Å². The molecule has 0 aliphatic carbocycles. The molecule has 8 heteroatoms. The number of methoxy groups -OCH3 is 1. The molecule has 2 amide bonds. The molecule has 7 nitrogen and oxygen atoms in total. The first-order valence-corrected chi connectivity index (χ1v) is 6.87. The van der Waals surface area contributed by atoms with Crippen molar-refractivity contribution in [3.8, 4) is 0 Å². The first kappa shape index (κ1) is 16.0. The van der Waals surface area contributed by atoms with Gasteiger partial charge in [0.15, 0.2) is 5.82 Å². The Kier molecular flexibility index (Phi) is 5.51. The highest BCUT2D eigenvalue weighted by atomic mass is 35.5. The van der Waals surface area contributed by atoms with Crippen molar-refractivity contribution in [2.75, 3.05) is 24.4 Å². The highest BCUT2D eigenvalue weighted by molar-refractivity contribution is 6.44. The SMILES string of the molecule is COCCn1ccc(NC(=O)C(=O)Nc2ccccc2Cl)n1. The highest BCUT2D eigenvalue weighted by Crippen LogP contribution is 2.20.